The minimum absolute atomic E-state index is 0.111. The van der Waals surface area contributed by atoms with Gasteiger partial charge in [0.25, 0.3) is 0 Å². The van der Waals surface area contributed by atoms with E-state index in [1.165, 1.54) is 11.8 Å². The molecule has 0 radical (unpaired) electrons. The van der Waals surface area contributed by atoms with Gasteiger partial charge < -0.3 is 16.0 Å². The Bertz CT molecular complexity index is 817. The van der Waals surface area contributed by atoms with E-state index in [1.807, 2.05) is 26.0 Å². The first-order chi connectivity index (χ1) is 13.4. The maximum Gasteiger partial charge on any atom is 0.238 e. The summed E-state index contributed by atoms with van der Waals surface area (Å²) in [4.78, 5) is 39.5. The van der Waals surface area contributed by atoms with E-state index in [9.17, 15) is 14.4 Å². The second kappa shape index (κ2) is 10.6. The average Bonchev–Trinajstić information content (AvgIpc) is 3.06. The van der Waals surface area contributed by atoms with Crippen LogP contribution >= 0.6 is 11.3 Å². The van der Waals surface area contributed by atoms with E-state index in [0.717, 1.165) is 4.88 Å². The highest BCUT2D eigenvalue weighted by atomic mass is 32.1. The van der Waals surface area contributed by atoms with Gasteiger partial charge in [-0.15, -0.1) is 11.3 Å². The number of likely N-dealkylation sites (N-methyl/N-ethyl adjacent to an activating group) is 1. The second-order valence-electron chi connectivity index (χ2n) is 6.40. The lowest BCUT2D eigenvalue weighted by molar-refractivity contribution is -0.123. The van der Waals surface area contributed by atoms with Gasteiger partial charge in [-0.1, -0.05) is 6.92 Å². The van der Waals surface area contributed by atoms with Gasteiger partial charge >= 0.3 is 0 Å². The molecule has 7 nitrogen and oxygen atoms in total. The Hall–Kier alpha value is -2.71. The van der Waals surface area contributed by atoms with Crippen LogP contribution in [0.5, 0.6) is 0 Å². The summed E-state index contributed by atoms with van der Waals surface area (Å²) in [5, 5.41) is 8.35. The molecule has 0 aliphatic carbocycles. The summed E-state index contributed by atoms with van der Waals surface area (Å²) in [6.07, 6.45) is 0. The molecule has 3 amide bonds. The van der Waals surface area contributed by atoms with Gasteiger partial charge in [-0.05, 0) is 49.9 Å². The molecule has 1 heterocycles. The number of nitrogens with one attached hydrogen (secondary N) is 3. The molecule has 28 heavy (non-hydrogen) atoms. The number of benzene rings is 1. The molecule has 0 aliphatic heterocycles. The third-order valence-electron chi connectivity index (χ3n) is 3.93. The quantitative estimate of drug-likeness (QED) is 0.601. The topological polar surface area (TPSA) is 90.5 Å². The van der Waals surface area contributed by atoms with Gasteiger partial charge in [-0.25, -0.2) is 0 Å². The van der Waals surface area contributed by atoms with E-state index in [0.29, 0.717) is 24.5 Å². The van der Waals surface area contributed by atoms with E-state index in [1.54, 1.807) is 40.5 Å². The number of thiophene rings is 1. The lowest BCUT2D eigenvalue weighted by Crippen LogP contribution is -2.40. The first-order valence-electron chi connectivity index (χ1n) is 9.07. The van der Waals surface area contributed by atoms with Crippen LogP contribution in [0.3, 0.4) is 0 Å². The number of anilines is 2. The zero-order valence-corrected chi connectivity index (χ0v) is 17.2. The molecule has 8 heteroatoms. The molecule has 0 atom stereocenters. The van der Waals surface area contributed by atoms with Crippen LogP contribution in [-0.4, -0.2) is 42.3 Å². The fourth-order valence-corrected chi connectivity index (χ4v) is 3.38. The SMILES string of the molecule is CCN(CC(=O)NCc1ccc(C)s1)CC(=O)Nc1ccc(NC(C)=O)cc1. The predicted octanol–water partition coefficient (Wildman–Crippen LogP) is 2.59. The normalized spacial score (nSPS) is 10.6. The Morgan fingerprint density at radius 1 is 0.929 bits per heavy atom. The summed E-state index contributed by atoms with van der Waals surface area (Å²) in [6, 6.07) is 10.9. The van der Waals surface area contributed by atoms with Crippen molar-refractivity contribution >= 4 is 40.4 Å². The van der Waals surface area contributed by atoms with Crippen molar-refractivity contribution in [1.29, 1.82) is 0 Å². The smallest absolute Gasteiger partial charge is 0.238 e. The van der Waals surface area contributed by atoms with Gasteiger partial charge in [0.2, 0.25) is 17.7 Å². The third kappa shape index (κ3) is 7.50. The second-order valence-corrected chi connectivity index (χ2v) is 7.77. The molecule has 0 spiro atoms. The molecular weight excluding hydrogens is 376 g/mol. The molecule has 3 N–H and O–H groups in total. The summed E-state index contributed by atoms with van der Waals surface area (Å²) in [5.41, 5.74) is 1.30. The molecule has 2 aromatic rings. The number of nitrogens with zero attached hydrogens (tertiary/aromatic N) is 1. The summed E-state index contributed by atoms with van der Waals surface area (Å²) < 4.78 is 0. The van der Waals surface area contributed by atoms with E-state index >= 15 is 0 Å². The highest BCUT2D eigenvalue weighted by Gasteiger charge is 2.13. The molecule has 0 saturated carbocycles. The first kappa shape index (κ1) is 21.6. The van der Waals surface area contributed by atoms with Crippen LogP contribution in [-0.2, 0) is 20.9 Å². The average molecular weight is 403 g/mol. The van der Waals surface area contributed by atoms with Crippen molar-refractivity contribution in [3.63, 3.8) is 0 Å². The van der Waals surface area contributed by atoms with Crippen molar-refractivity contribution in [2.75, 3.05) is 30.3 Å². The zero-order valence-electron chi connectivity index (χ0n) is 16.4. The Morgan fingerprint density at radius 3 is 2.07 bits per heavy atom. The van der Waals surface area contributed by atoms with Crippen molar-refractivity contribution in [3.05, 3.63) is 46.2 Å². The molecular formula is C20H26N4O3S. The monoisotopic (exact) mass is 402 g/mol. The van der Waals surface area contributed by atoms with Crippen LogP contribution in [0.15, 0.2) is 36.4 Å². The highest BCUT2D eigenvalue weighted by Crippen LogP contribution is 2.15. The van der Waals surface area contributed by atoms with Gasteiger partial charge in [-0.3, -0.25) is 19.3 Å². The van der Waals surface area contributed by atoms with Crippen LogP contribution in [0.4, 0.5) is 11.4 Å². The Balaban J connectivity index is 1.78. The predicted molar refractivity (Wildman–Crippen MR) is 112 cm³/mol. The van der Waals surface area contributed by atoms with Crippen LogP contribution in [0.1, 0.15) is 23.6 Å². The Kier molecular flexibility index (Phi) is 8.16. The van der Waals surface area contributed by atoms with Gasteiger partial charge in [0.05, 0.1) is 19.6 Å². The van der Waals surface area contributed by atoms with Crippen molar-refractivity contribution in [2.24, 2.45) is 0 Å². The highest BCUT2D eigenvalue weighted by molar-refractivity contribution is 7.11. The van der Waals surface area contributed by atoms with Gasteiger partial charge in [0.1, 0.15) is 0 Å². The number of carbonyl (C=O) groups excluding carboxylic acids is 3. The summed E-state index contributed by atoms with van der Waals surface area (Å²) >= 11 is 1.65. The Labute approximate surface area is 169 Å². The van der Waals surface area contributed by atoms with Crippen molar-refractivity contribution < 1.29 is 14.4 Å². The molecule has 0 fully saturated rings. The summed E-state index contributed by atoms with van der Waals surface area (Å²) in [6.45, 7) is 6.74. The van der Waals surface area contributed by atoms with Crippen molar-refractivity contribution in [1.82, 2.24) is 10.2 Å². The van der Waals surface area contributed by atoms with E-state index in [4.69, 9.17) is 0 Å². The van der Waals surface area contributed by atoms with E-state index < -0.39 is 0 Å². The lowest BCUT2D eigenvalue weighted by Gasteiger charge is -2.19. The maximum atomic E-state index is 12.3. The fraction of sp³-hybridized carbons (Fsp3) is 0.350. The van der Waals surface area contributed by atoms with Crippen molar-refractivity contribution in [2.45, 2.75) is 27.3 Å². The number of rotatable bonds is 9. The van der Waals surface area contributed by atoms with Crippen LogP contribution in [0.2, 0.25) is 0 Å². The van der Waals surface area contributed by atoms with E-state index in [-0.39, 0.29) is 30.8 Å². The number of aryl methyl sites for hydroxylation is 1. The molecule has 0 aliphatic rings. The van der Waals surface area contributed by atoms with E-state index in [2.05, 4.69) is 16.0 Å². The molecule has 150 valence electrons. The largest absolute Gasteiger partial charge is 0.350 e. The molecule has 0 saturated heterocycles. The third-order valence-corrected chi connectivity index (χ3v) is 4.93. The fourth-order valence-electron chi connectivity index (χ4n) is 2.55. The lowest BCUT2D eigenvalue weighted by atomic mass is 10.2. The van der Waals surface area contributed by atoms with Gasteiger partial charge in [-0.2, -0.15) is 0 Å². The maximum absolute atomic E-state index is 12.3. The van der Waals surface area contributed by atoms with Crippen LogP contribution in [0.25, 0.3) is 0 Å². The number of hydrogen-bond acceptors (Lipinski definition) is 5. The molecule has 1 aromatic heterocycles. The molecule has 1 aromatic carbocycles. The minimum Gasteiger partial charge on any atom is -0.350 e. The molecule has 0 bridgehead atoms. The minimum atomic E-state index is -0.198. The summed E-state index contributed by atoms with van der Waals surface area (Å²) in [7, 11) is 0. The van der Waals surface area contributed by atoms with Crippen LogP contribution < -0.4 is 16.0 Å². The van der Waals surface area contributed by atoms with Gasteiger partial charge in [0, 0.05) is 28.1 Å². The number of amides is 3. The summed E-state index contributed by atoms with van der Waals surface area (Å²) in [5.74, 6) is -0.459. The number of carbonyl (C=O) groups is 3. The van der Waals surface area contributed by atoms with Crippen molar-refractivity contribution in [3.8, 4) is 0 Å². The van der Waals surface area contributed by atoms with Gasteiger partial charge in [0.15, 0.2) is 0 Å². The standard InChI is InChI=1S/C20H26N4O3S/c1-4-24(12-19(26)21-11-18-10-5-14(2)28-18)13-20(27)23-17-8-6-16(7-9-17)22-15(3)25/h5-10H,4,11-13H2,1-3H3,(H,21,26)(H,22,25)(H,23,27). The first-order valence-corrected chi connectivity index (χ1v) is 9.89. The zero-order chi connectivity index (χ0) is 20.5. The molecule has 2 rings (SSSR count). The number of hydrogen-bond donors (Lipinski definition) is 3. The van der Waals surface area contributed by atoms with Crippen LogP contribution in [0, 0.1) is 6.92 Å². The molecule has 0 unspecified atom stereocenters. The Morgan fingerprint density at radius 2 is 1.54 bits per heavy atom.